The number of hydrogen-bond acceptors (Lipinski definition) is 2. The first-order valence-electron chi connectivity index (χ1n) is 7.27. The van der Waals surface area contributed by atoms with E-state index >= 15 is 0 Å². The summed E-state index contributed by atoms with van der Waals surface area (Å²) in [5.74, 6) is 2.54. The van der Waals surface area contributed by atoms with Crippen molar-refractivity contribution in [1.29, 1.82) is 0 Å². The Morgan fingerprint density at radius 3 is 3.00 bits per heavy atom. The van der Waals surface area contributed by atoms with Crippen LogP contribution in [0.1, 0.15) is 44.7 Å². The number of ether oxygens (including phenoxy) is 1. The van der Waals surface area contributed by atoms with Gasteiger partial charge in [-0.1, -0.05) is 38.5 Å². The molecule has 4 atom stereocenters. The van der Waals surface area contributed by atoms with Gasteiger partial charge in [0.25, 0.3) is 0 Å². The lowest BCUT2D eigenvalue weighted by molar-refractivity contribution is 0.186. The van der Waals surface area contributed by atoms with Crippen LogP contribution in [-0.2, 0) is 0 Å². The van der Waals surface area contributed by atoms with Crippen molar-refractivity contribution in [2.75, 3.05) is 6.61 Å². The highest BCUT2D eigenvalue weighted by molar-refractivity contribution is 5.38. The van der Waals surface area contributed by atoms with Crippen molar-refractivity contribution in [1.82, 2.24) is 5.32 Å². The average Bonchev–Trinajstić information content (AvgIpc) is 3.12. The van der Waals surface area contributed by atoms with E-state index in [2.05, 4.69) is 43.4 Å². The summed E-state index contributed by atoms with van der Waals surface area (Å²) >= 11 is 0. The molecule has 0 aromatic heterocycles. The van der Waals surface area contributed by atoms with E-state index in [1.54, 1.807) is 0 Å². The highest BCUT2D eigenvalue weighted by Gasteiger charge is 2.39. The van der Waals surface area contributed by atoms with Crippen LogP contribution in [0.15, 0.2) is 24.3 Å². The molecule has 1 aromatic rings. The molecule has 1 fully saturated rings. The number of benzene rings is 1. The summed E-state index contributed by atoms with van der Waals surface area (Å²) in [6.45, 7) is 5.40. The normalized spacial score (nSPS) is 33.7. The number of para-hydroxylation sites is 1. The Labute approximate surface area is 110 Å². The molecule has 1 aliphatic carbocycles. The molecule has 2 nitrogen and oxygen atoms in total. The zero-order chi connectivity index (χ0) is 12.5. The van der Waals surface area contributed by atoms with Crippen molar-refractivity contribution in [3.8, 4) is 5.75 Å². The van der Waals surface area contributed by atoms with Crippen LogP contribution in [0.3, 0.4) is 0 Å². The van der Waals surface area contributed by atoms with E-state index < -0.39 is 0 Å². The lowest BCUT2D eigenvalue weighted by Crippen LogP contribution is -2.35. The van der Waals surface area contributed by atoms with Crippen molar-refractivity contribution in [3.63, 3.8) is 0 Å². The van der Waals surface area contributed by atoms with E-state index in [1.807, 2.05) is 0 Å². The van der Waals surface area contributed by atoms with Crippen molar-refractivity contribution < 1.29 is 4.74 Å². The third kappa shape index (κ3) is 2.26. The average molecular weight is 245 g/mol. The fourth-order valence-corrected chi connectivity index (χ4v) is 3.12. The standard InChI is InChI=1S/C16H23NO/c1-3-6-12-9-14(12)17-16-11(2)10-18-15-8-5-4-7-13(15)16/h4-5,7-8,11-12,14,16-17H,3,6,9-10H2,1-2H3. The van der Waals surface area contributed by atoms with E-state index in [-0.39, 0.29) is 0 Å². The molecule has 0 saturated heterocycles. The predicted octanol–water partition coefficient (Wildman–Crippen LogP) is 3.53. The summed E-state index contributed by atoms with van der Waals surface area (Å²) in [4.78, 5) is 0. The third-order valence-corrected chi connectivity index (χ3v) is 4.30. The molecule has 98 valence electrons. The smallest absolute Gasteiger partial charge is 0.124 e. The SMILES string of the molecule is CCCC1CC1NC1c2ccccc2OCC1C. The molecular formula is C16H23NO. The maximum Gasteiger partial charge on any atom is 0.124 e. The Bertz CT molecular complexity index is 417. The summed E-state index contributed by atoms with van der Waals surface area (Å²) in [7, 11) is 0. The van der Waals surface area contributed by atoms with Gasteiger partial charge in [-0.25, -0.2) is 0 Å². The molecule has 1 heterocycles. The minimum absolute atomic E-state index is 0.474. The molecule has 0 radical (unpaired) electrons. The van der Waals surface area contributed by atoms with Crippen molar-refractivity contribution in [2.24, 2.45) is 11.8 Å². The van der Waals surface area contributed by atoms with Crippen LogP contribution in [0.2, 0.25) is 0 Å². The Morgan fingerprint density at radius 1 is 1.33 bits per heavy atom. The zero-order valence-corrected chi connectivity index (χ0v) is 11.4. The first-order chi connectivity index (χ1) is 8.79. The molecule has 18 heavy (non-hydrogen) atoms. The number of hydrogen-bond donors (Lipinski definition) is 1. The van der Waals surface area contributed by atoms with E-state index in [9.17, 15) is 0 Å². The van der Waals surface area contributed by atoms with Crippen molar-refractivity contribution in [3.05, 3.63) is 29.8 Å². The van der Waals surface area contributed by atoms with Gasteiger partial charge in [0.15, 0.2) is 0 Å². The third-order valence-electron chi connectivity index (χ3n) is 4.30. The molecule has 0 bridgehead atoms. The van der Waals surface area contributed by atoms with E-state index in [0.717, 1.165) is 24.3 Å². The highest BCUT2D eigenvalue weighted by atomic mass is 16.5. The van der Waals surface area contributed by atoms with Gasteiger partial charge in [0.2, 0.25) is 0 Å². The molecule has 3 rings (SSSR count). The molecule has 1 aromatic carbocycles. The van der Waals surface area contributed by atoms with Gasteiger partial charge in [-0.3, -0.25) is 0 Å². The van der Waals surface area contributed by atoms with E-state index in [1.165, 1.54) is 24.8 Å². The van der Waals surface area contributed by atoms with Gasteiger partial charge >= 0.3 is 0 Å². The van der Waals surface area contributed by atoms with Gasteiger partial charge in [-0.2, -0.15) is 0 Å². The van der Waals surface area contributed by atoms with E-state index in [4.69, 9.17) is 4.74 Å². The second-order valence-electron chi connectivity index (χ2n) is 5.86. The lowest BCUT2D eigenvalue weighted by Gasteiger charge is -2.32. The van der Waals surface area contributed by atoms with Crippen LogP contribution in [-0.4, -0.2) is 12.6 Å². The fraction of sp³-hybridized carbons (Fsp3) is 0.625. The second kappa shape index (κ2) is 4.93. The number of nitrogens with one attached hydrogen (secondary N) is 1. The van der Waals surface area contributed by atoms with Crippen molar-refractivity contribution in [2.45, 2.75) is 45.2 Å². The monoisotopic (exact) mass is 245 g/mol. The van der Waals surface area contributed by atoms with Crippen molar-refractivity contribution >= 4 is 0 Å². The first kappa shape index (κ1) is 12.0. The number of fused-ring (bicyclic) bond motifs is 1. The molecule has 1 N–H and O–H groups in total. The Morgan fingerprint density at radius 2 is 2.17 bits per heavy atom. The molecule has 2 aliphatic rings. The maximum absolute atomic E-state index is 5.80. The molecule has 4 unspecified atom stereocenters. The van der Waals surface area contributed by atoms with Gasteiger partial charge in [0, 0.05) is 23.6 Å². The van der Waals surface area contributed by atoms with Crippen LogP contribution in [0.25, 0.3) is 0 Å². The number of rotatable bonds is 4. The Kier molecular flexibility index (Phi) is 3.29. The summed E-state index contributed by atoms with van der Waals surface area (Å²) < 4.78 is 5.80. The minimum atomic E-state index is 0.474. The Hall–Kier alpha value is -1.02. The van der Waals surface area contributed by atoms with Gasteiger partial charge in [0.05, 0.1) is 6.61 Å². The molecular weight excluding hydrogens is 222 g/mol. The minimum Gasteiger partial charge on any atom is -0.493 e. The molecule has 2 heteroatoms. The van der Waals surface area contributed by atoms with Crippen LogP contribution in [0.5, 0.6) is 5.75 Å². The van der Waals surface area contributed by atoms with E-state index in [0.29, 0.717) is 12.0 Å². The molecule has 0 amide bonds. The quantitative estimate of drug-likeness (QED) is 0.876. The molecule has 1 saturated carbocycles. The predicted molar refractivity (Wildman–Crippen MR) is 73.8 cm³/mol. The summed E-state index contributed by atoms with van der Waals surface area (Å²) in [5, 5.41) is 3.85. The summed E-state index contributed by atoms with van der Waals surface area (Å²) in [6.07, 6.45) is 4.04. The largest absolute Gasteiger partial charge is 0.493 e. The van der Waals surface area contributed by atoms with Gasteiger partial charge in [0.1, 0.15) is 5.75 Å². The zero-order valence-electron chi connectivity index (χ0n) is 11.4. The first-order valence-corrected chi connectivity index (χ1v) is 7.27. The summed E-state index contributed by atoms with van der Waals surface area (Å²) in [5.41, 5.74) is 1.35. The topological polar surface area (TPSA) is 21.3 Å². The second-order valence-corrected chi connectivity index (χ2v) is 5.86. The lowest BCUT2D eigenvalue weighted by atomic mass is 9.92. The van der Waals surface area contributed by atoms with Crippen LogP contribution in [0.4, 0.5) is 0 Å². The van der Waals surface area contributed by atoms with Gasteiger partial charge < -0.3 is 10.1 Å². The van der Waals surface area contributed by atoms with Gasteiger partial charge in [-0.15, -0.1) is 0 Å². The molecule has 0 spiro atoms. The maximum atomic E-state index is 5.80. The van der Waals surface area contributed by atoms with Crippen LogP contribution in [0, 0.1) is 11.8 Å². The Balaban J connectivity index is 1.71. The molecule has 1 aliphatic heterocycles. The van der Waals surface area contributed by atoms with Crippen LogP contribution < -0.4 is 10.1 Å². The highest BCUT2D eigenvalue weighted by Crippen LogP contribution is 2.41. The fourth-order valence-electron chi connectivity index (χ4n) is 3.12. The van der Waals surface area contributed by atoms with Gasteiger partial charge in [-0.05, 0) is 24.8 Å². The summed E-state index contributed by atoms with van der Waals surface area (Å²) in [6, 6.07) is 9.69. The van der Waals surface area contributed by atoms with Crippen LogP contribution >= 0.6 is 0 Å².